The van der Waals surface area contributed by atoms with Crippen LogP contribution < -0.4 is 0 Å². The second-order valence-corrected chi connectivity index (χ2v) is 5.74. The molecule has 0 unspecified atom stereocenters. The molecule has 0 aliphatic heterocycles. The fourth-order valence-electron chi connectivity index (χ4n) is 0.0960. The minimum atomic E-state index is -0.787. The number of hydrogen-bond acceptors (Lipinski definition) is 5. The molecule has 0 rings (SSSR count). The third-order valence-corrected chi connectivity index (χ3v) is 4.66. The lowest BCUT2D eigenvalue weighted by Crippen LogP contribution is -1.95. The van der Waals surface area contributed by atoms with Crippen molar-refractivity contribution in [2.24, 2.45) is 0 Å². The third kappa shape index (κ3) is 6.87. The minimum absolute atomic E-state index is 0.137. The first-order valence-electron chi connectivity index (χ1n) is 1.59. The number of thiol groups is 1. The number of aliphatic carboxylic acids is 1. The molecule has 0 aromatic carbocycles. The Hall–Kier alpha value is 0.870. The van der Waals surface area contributed by atoms with Crippen LogP contribution in [-0.2, 0) is 4.79 Å². The molecule has 8 heavy (non-hydrogen) atoms. The van der Waals surface area contributed by atoms with Crippen LogP contribution in [0.2, 0.25) is 0 Å². The van der Waals surface area contributed by atoms with E-state index in [9.17, 15) is 4.79 Å². The monoisotopic (exact) mass is 188 g/mol. The van der Waals surface area contributed by atoms with Gasteiger partial charge in [0.1, 0.15) is 5.75 Å². The molecule has 0 bridgehead atoms. The zero-order chi connectivity index (χ0) is 6.41. The molecule has 0 aromatic rings. The van der Waals surface area contributed by atoms with Gasteiger partial charge in [0.25, 0.3) is 0 Å². The summed E-state index contributed by atoms with van der Waals surface area (Å²) in [6.07, 6.45) is 0. The number of rotatable bonds is 4. The Morgan fingerprint density at radius 3 is 2.75 bits per heavy atom. The molecule has 0 amide bonds. The number of carbonyl (C=O) groups is 1. The first-order chi connectivity index (χ1) is 3.77. The fourth-order valence-corrected chi connectivity index (χ4v) is 2.85. The van der Waals surface area contributed by atoms with E-state index in [0.717, 1.165) is 0 Å². The molecule has 1 N–H and O–H groups in total. The van der Waals surface area contributed by atoms with Crippen molar-refractivity contribution in [1.29, 1.82) is 0 Å². The van der Waals surface area contributed by atoms with E-state index in [0.29, 0.717) is 0 Å². The van der Waals surface area contributed by atoms with Gasteiger partial charge >= 0.3 is 5.97 Å². The van der Waals surface area contributed by atoms with Crippen LogP contribution in [-0.4, -0.2) is 16.8 Å². The second-order valence-electron chi connectivity index (χ2n) is 0.799. The summed E-state index contributed by atoms with van der Waals surface area (Å²) in [6.45, 7) is 0. The van der Waals surface area contributed by atoms with E-state index in [1.807, 2.05) is 0 Å². The molecule has 0 spiro atoms. The molecule has 0 atom stereocenters. The van der Waals surface area contributed by atoms with E-state index in [1.165, 1.54) is 30.4 Å². The highest BCUT2D eigenvalue weighted by atomic mass is 33.7. The third-order valence-electron chi connectivity index (χ3n) is 0.261. The van der Waals surface area contributed by atoms with Crippen LogP contribution in [0.1, 0.15) is 0 Å². The molecule has 0 fully saturated rings. The van der Waals surface area contributed by atoms with Gasteiger partial charge in [-0.05, 0) is 19.7 Å². The van der Waals surface area contributed by atoms with Gasteiger partial charge in [0.15, 0.2) is 0 Å². The SMILES string of the molecule is O=C(O)CSSSS. The number of hydrogen-bond donors (Lipinski definition) is 2. The molecule has 0 saturated heterocycles. The number of carboxylic acids is 1. The largest absolute Gasteiger partial charge is 0.481 e. The smallest absolute Gasteiger partial charge is 0.314 e. The van der Waals surface area contributed by atoms with Crippen LogP contribution in [0.3, 0.4) is 0 Å². The maximum atomic E-state index is 9.81. The van der Waals surface area contributed by atoms with Crippen molar-refractivity contribution in [1.82, 2.24) is 0 Å². The Morgan fingerprint density at radius 1 is 1.75 bits per heavy atom. The summed E-state index contributed by atoms with van der Waals surface area (Å²) in [5, 5.41) is 8.07. The van der Waals surface area contributed by atoms with Crippen molar-refractivity contribution < 1.29 is 9.90 Å². The van der Waals surface area contributed by atoms with Gasteiger partial charge in [0.05, 0.1) is 0 Å². The molecule has 6 heteroatoms. The zero-order valence-electron chi connectivity index (χ0n) is 3.73. The fraction of sp³-hybridized carbons (Fsp3) is 0.500. The molecular formula is C2H4O2S4. The molecule has 0 aliphatic carbocycles. The Kier molecular flexibility index (Phi) is 6.65. The molecule has 2 nitrogen and oxygen atoms in total. The summed E-state index contributed by atoms with van der Waals surface area (Å²) in [5.74, 6) is -0.650. The second kappa shape index (κ2) is 6.00. The summed E-state index contributed by atoms with van der Waals surface area (Å²) in [4.78, 5) is 9.81. The van der Waals surface area contributed by atoms with Crippen molar-refractivity contribution in [3.8, 4) is 0 Å². The lowest BCUT2D eigenvalue weighted by molar-refractivity contribution is -0.133. The summed E-state index contributed by atoms with van der Waals surface area (Å²) in [5.41, 5.74) is 0. The molecule has 0 heterocycles. The predicted octanol–water partition coefficient (Wildman–Crippen LogP) is 1.95. The molecule has 0 saturated carbocycles. The highest BCUT2D eigenvalue weighted by Gasteiger charge is 1.94. The van der Waals surface area contributed by atoms with Gasteiger partial charge in [-0.3, -0.25) is 4.79 Å². The average molecular weight is 188 g/mol. The number of carboxylic acid groups (broad SMARTS) is 1. The molecular weight excluding hydrogens is 184 g/mol. The first kappa shape index (κ1) is 8.87. The highest BCUT2D eigenvalue weighted by molar-refractivity contribution is 9.23. The Morgan fingerprint density at radius 2 is 2.38 bits per heavy atom. The summed E-state index contributed by atoms with van der Waals surface area (Å²) in [6, 6.07) is 0. The van der Waals surface area contributed by atoms with Crippen LogP contribution in [0, 0.1) is 0 Å². The van der Waals surface area contributed by atoms with Crippen LogP contribution in [0.5, 0.6) is 0 Å². The molecule has 0 radical (unpaired) electrons. The lowest BCUT2D eigenvalue weighted by atomic mass is 10.8. The van der Waals surface area contributed by atoms with Gasteiger partial charge in [0.2, 0.25) is 0 Å². The van der Waals surface area contributed by atoms with Crippen molar-refractivity contribution >= 4 is 48.1 Å². The van der Waals surface area contributed by atoms with Gasteiger partial charge in [0, 0.05) is 0 Å². The lowest BCUT2D eigenvalue weighted by Gasteiger charge is -1.88. The van der Waals surface area contributed by atoms with E-state index in [2.05, 4.69) is 11.7 Å². The van der Waals surface area contributed by atoms with Crippen molar-refractivity contribution in [3.63, 3.8) is 0 Å². The van der Waals surface area contributed by atoms with Crippen molar-refractivity contribution in [2.75, 3.05) is 5.75 Å². The normalized spacial score (nSPS) is 9.12. The maximum Gasteiger partial charge on any atom is 0.314 e. The van der Waals surface area contributed by atoms with Gasteiger partial charge < -0.3 is 5.11 Å². The predicted molar refractivity (Wildman–Crippen MR) is 44.3 cm³/mol. The van der Waals surface area contributed by atoms with E-state index < -0.39 is 5.97 Å². The standard InChI is InChI=1S/C2H4O2S4/c3-2(4)1-6-8-7-5/h5H,1H2,(H,3,4). The maximum absolute atomic E-state index is 9.81. The van der Waals surface area contributed by atoms with Gasteiger partial charge in [-0.2, -0.15) is 0 Å². The Labute approximate surface area is 63.8 Å². The highest BCUT2D eigenvalue weighted by Crippen LogP contribution is 2.36. The van der Waals surface area contributed by atoms with Gasteiger partial charge in [-0.1, -0.05) is 22.5 Å². The topological polar surface area (TPSA) is 37.3 Å². The zero-order valence-corrected chi connectivity index (χ0v) is 7.08. The summed E-state index contributed by atoms with van der Waals surface area (Å²) < 4.78 is 0. The van der Waals surface area contributed by atoms with Gasteiger partial charge in [-0.15, -0.1) is 0 Å². The van der Waals surface area contributed by atoms with E-state index in [1.54, 1.807) is 0 Å². The molecule has 0 aromatic heterocycles. The first-order valence-corrected chi connectivity index (χ1v) is 6.29. The summed E-state index contributed by atoms with van der Waals surface area (Å²) in [7, 11) is 3.87. The Balaban J connectivity index is 2.82. The van der Waals surface area contributed by atoms with Crippen molar-refractivity contribution in [2.45, 2.75) is 0 Å². The molecule has 0 aliphatic rings. The average Bonchev–Trinajstić information content (AvgIpc) is 1.66. The van der Waals surface area contributed by atoms with Crippen LogP contribution >= 0.6 is 42.1 Å². The molecule has 48 valence electrons. The quantitative estimate of drug-likeness (QED) is 0.401. The van der Waals surface area contributed by atoms with Crippen LogP contribution in [0.4, 0.5) is 0 Å². The Bertz CT molecular complexity index is 74.4. The van der Waals surface area contributed by atoms with E-state index >= 15 is 0 Å². The van der Waals surface area contributed by atoms with E-state index in [-0.39, 0.29) is 5.75 Å². The van der Waals surface area contributed by atoms with Gasteiger partial charge in [-0.25, -0.2) is 0 Å². The minimum Gasteiger partial charge on any atom is -0.481 e. The summed E-state index contributed by atoms with van der Waals surface area (Å²) >= 11 is 3.79. The van der Waals surface area contributed by atoms with E-state index in [4.69, 9.17) is 5.11 Å². The van der Waals surface area contributed by atoms with Crippen LogP contribution in [0.25, 0.3) is 0 Å². The van der Waals surface area contributed by atoms with Crippen molar-refractivity contribution in [3.05, 3.63) is 0 Å². The van der Waals surface area contributed by atoms with Crippen LogP contribution in [0.15, 0.2) is 0 Å².